The molecule has 0 radical (unpaired) electrons. The van der Waals surface area contributed by atoms with E-state index in [2.05, 4.69) is 0 Å². The van der Waals surface area contributed by atoms with Crippen molar-refractivity contribution in [1.82, 2.24) is 24.5 Å². The SMILES string of the molecule is CN(CCOC(=O)CN(CCN(C[C-]=O)CC(=O)O)CC(=O)O)CCOC(=O)CN(CCN(CC(=O)[O-])CC(=O)O)CC(=O)O.[Na+].[Na+].[OH-]. The number of hydrogen-bond donors (Lipinski definition) is 4. The van der Waals surface area contributed by atoms with E-state index in [1.807, 2.05) is 0 Å². The molecule has 0 aliphatic heterocycles. The quantitative estimate of drug-likeness (QED) is 0.0332. The van der Waals surface area contributed by atoms with Gasteiger partial charge in [-0.1, -0.05) is 6.54 Å². The van der Waals surface area contributed by atoms with Crippen LogP contribution >= 0.6 is 0 Å². The summed E-state index contributed by atoms with van der Waals surface area (Å²) in [6, 6.07) is 0. The van der Waals surface area contributed by atoms with Crippen molar-refractivity contribution < 1.29 is 138 Å². The van der Waals surface area contributed by atoms with Gasteiger partial charge in [-0.25, -0.2) is 6.29 Å². The van der Waals surface area contributed by atoms with Gasteiger partial charge in [0.25, 0.3) is 0 Å². The maximum absolute atomic E-state index is 12.2. The maximum Gasteiger partial charge on any atom is 1.00 e. The zero-order valence-corrected chi connectivity index (χ0v) is 31.3. The Morgan fingerprint density at radius 1 is 0.562 bits per heavy atom. The molecule has 0 heterocycles. The molecular formula is C25H40N5Na2O16-. The van der Waals surface area contributed by atoms with Crippen LogP contribution in [0.1, 0.15) is 0 Å². The Balaban J connectivity index is -0.00000323. The molecule has 0 spiro atoms. The molecule has 0 amide bonds. The first-order valence-corrected chi connectivity index (χ1v) is 13.4. The first-order chi connectivity index (χ1) is 21.1. The van der Waals surface area contributed by atoms with Crippen LogP contribution in [0.25, 0.3) is 0 Å². The second kappa shape index (κ2) is 30.8. The van der Waals surface area contributed by atoms with Crippen LogP contribution in [0.2, 0.25) is 0 Å². The average Bonchev–Trinajstić information content (AvgIpc) is 2.88. The van der Waals surface area contributed by atoms with E-state index in [0.717, 1.165) is 9.80 Å². The Morgan fingerprint density at radius 2 is 0.875 bits per heavy atom. The van der Waals surface area contributed by atoms with E-state index in [1.54, 1.807) is 18.2 Å². The predicted molar refractivity (Wildman–Crippen MR) is 148 cm³/mol. The molecule has 0 aromatic rings. The van der Waals surface area contributed by atoms with E-state index >= 15 is 0 Å². The van der Waals surface area contributed by atoms with Crippen molar-refractivity contribution in [2.45, 2.75) is 0 Å². The molecule has 0 rings (SSSR count). The molecule has 0 bridgehead atoms. The standard InChI is InChI=1S/C25H40N5O15.2Na.H2O/c1-26(7-10-44-24(42)17-29(15-22(38)39)3-2-27(6-9-31)12-19(32)33)8-11-45-25(43)18-30(16-23(40)41)5-4-28(13-20(34)35)14-21(36)37;;;/h2-8,10-18H2,1H3,(H,32,33)(H,34,35)(H,36,37)(H,38,39)(H,40,41);;;1H2/q-1;2*+1;/p-2. The van der Waals surface area contributed by atoms with Gasteiger partial charge >= 0.3 is 94.9 Å². The van der Waals surface area contributed by atoms with Crippen LogP contribution in [0.15, 0.2) is 0 Å². The van der Waals surface area contributed by atoms with Crippen LogP contribution in [0.4, 0.5) is 0 Å². The van der Waals surface area contributed by atoms with E-state index in [9.17, 15) is 43.5 Å². The third-order valence-corrected chi connectivity index (χ3v) is 5.72. The second-order valence-corrected chi connectivity index (χ2v) is 9.68. The van der Waals surface area contributed by atoms with E-state index in [1.165, 1.54) is 9.80 Å². The third kappa shape index (κ3) is 31.0. The van der Waals surface area contributed by atoms with Gasteiger partial charge in [-0.2, -0.15) is 0 Å². The zero-order valence-electron chi connectivity index (χ0n) is 27.3. The van der Waals surface area contributed by atoms with Crippen molar-refractivity contribution in [3.05, 3.63) is 0 Å². The Labute approximate surface area is 320 Å². The minimum Gasteiger partial charge on any atom is -0.870 e. The summed E-state index contributed by atoms with van der Waals surface area (Å²) in [5.74, 6) is -8.05. The summed E-state index contributed by atoms with van der Waals surface area (Å²) < 4.78 is 10.2. The number of nitrogens with zero attached hydrogens (tertiary/aromatic N) is 5. The van der Waals surface area contributed by atoms with E-state index < -0.39 is 87.6 Å². The number of likely N-dealkylation sites (N-methyl/N-ethyl adjacent to an activating group) is 1. The second-order valence-electron chi connectivity index (χ2n) is 9.68. The van der Waals surface area contributed by atoms with Gasteiger partial charge in [0.1, 0.15) is 13.2 Å². The fourth-order valence-corrected chi connectivity index (χ4v) is 3.66. The van der Waals surface area contributed by atoms with Crippen LogP contribution in [0.3, 0.4) is 0 Å². The number of hydrogen-bond acceptors (Lipinski definition) is 17. The van der Waals surface area contributed by atoms with Crippen LogP contribution in [-0.2, 0) is 47.8 Å². The number of carboxylic acids is 5. The fraction of sp³-hybridized carbons (Fsp3) is 0.680. The van der Waals surface area contributed by atoms with E-state index in [-0.39, 0.29) is 124 Å². The molecule has 0 fully saturated rings. The number of rotatable bonds is 28. The van der Waals surface area contributed by atoms with Crippen molar-refractivity contribution in [2.75, 3.05) is 112 Å². The summed E-state index contributed by atoms with van der Waals surface area (Å²) in [5.41, 5.74) is 0. The number of ether oxygens (including phenoxy) is 2. The van der Waals surface area contributed by atoms with E-state index in [4.69, 9.17) is 29.9 Å². The van der Waals surface area contributed by atoms with Crippen molar-refractivity contribution in [2.24, 2.45) is 0 Å². The van der Waals surface area contributed by atoms with Crippen LogP contribution in [0.5, 0.6) is 0 Å². The van der Waals surface area contributed by atoms with Crippen molar-refractivity contribution >= 4 is 48.1 Å². The Hall–Kier alpha value is -2.28. The molecule has 23 heteroatoms. The number of esters is 2. The third-order valence-electron chi connectivity index (χ3n) is 5.72. The Bertz CT molecular complexity index is 1010. The minimum atomic E-state index is -1.52. The largest absolute Gasteiger partial charge is 1.00 e. The molecule has 0 unspecified atom stereocenters. The molecular weight excluding hydrogens is 672 g/mol. The van der Waals surface area contributed by atoms with E-state index in [0.29, 0.717) is 0 Å². The summed E-state index contributed by atoms with van der Waals surface area (Å²) in [7, 11) is 1.63. The predicted octanol–water partition coefficient (Wildman–Crippen LogP) is -11.8. The molecule has 0 aliphatic carbocycles. The summed E-state index contributed by atoms with van der Waals surface area (Å²) >= 11 is 0. The molecule has 48 heavy (non-hydrogen) atoms. The fourth-order valence-electron chi connectivity index (χ4n) is 3.66. The monoisotopic (exact) mass is 712 g/mol. The molecule has 264 valence electrons. The van der Waals surface area contributed by atoms with Gasteiger partial charge in [-0.15, -0.1) is 0 Å². The summed E-state index contributed by atoms with van der Waals surface area (Å²) in [5, 5.41) is 46.8. The first kappa shape index (κ1) is 52.5. The topological polar surface area (TPSA) is 305 Å². The summed E-state index contributed by atoms with van der Waals surface area (Å²) in [6.45, 7) is -4.27. The Morgan fingerprint density at radius 3 is 1.19 bits per heavy atom. The van der Waals surface area contributed by atoms with Gasteiger partial charge in [0.2, 0.25) is 0 Å². The smallest absolute Gasteiger partial charge is 0.870 e. The normalized spacial score (nSPS) is 10.5. The van der Waals surface area contributed by atoms with Crippen molar-refractivity contribution in [3.63, 3.8) is 0 Å². The molecule has 21 nitrogen and oxygen atoms in total. The van der Waals surface area contributed by atoms with Gasteiger partial charge in [0.15, 0.2) is 0 Å². The minimum absolute atomic E-state index is 0. The van der Waals surface area contributed by atoms with Gasteiger partial charge in [0, 0.05) is 45.8 Å². The van der Waals surface area contributed by atoms with Gasteiger partial charge in [-0.3, -0.25) is 48.4 Å². The van der Waals surface area contributed by atoms with Gasteiger partial charge < -0.3 is 55.0 Å². The molecule has 0 aliphatic rings. The molecule has 5 N–H and O–H groups in total. The van der Waals surface area contributed by atoms with Crippen LogP contribution in [0, 0.1) is 0 Å². The van der Waals surface area contributed by atoms with Crippen molar-refractivity contribution in [1.29, 1.82) is 0 Å². The molecule has 0 saturated carbocycles. The molecule has 0 aromatic carbocycles. The number of aliphatic carboxylic acids is 5. The van der Waals surface area contributed by atoms with Crippen molar-refractivity contribution in [3.8, 4) is 0 Å². The first-order valence-electron chi connectivity index (χ1n) is 13.4. The molecule has 0 saturated heterocycles. The van der Waals surface area contributed by atoms with Gasteiger partial charge in [0.05, 0.1) is 45.2 Å². The maximum atomic E-state index is 12.2. The molecule has 0 atom stereocenters. The van der Waals surface area contributed by atoms with Gasteiger partial charge in [-0.05, 0) is 7.05 Å². The number of carbonyl (C=O) groups is 7. The van der Waals surface area contributed by atoms with Crippen LogP contribution < -0.4 is 64.2 Å². The zero-order chi connectivity index (χ0) is 34.4. The number of carbonyl (C=O) groups excluding carboxylic acids is 4. The summed E-state index contributed by atoms with van der Waals surface area (Å²) in [6.07, 6.45) is 1.57. The summed E-state index contributed by atoms with van der Waals surface area (Å²) in [4.78, 5) is 96.3. The van der Waals surface area contributed by atoms with Crippen LogP contribution in [-0.4, -0.2) is 210 Å². The Kier molecular flexibility index (Phi) is 33.7. The number of carboxylic acid groups (broad SMARTS) is 5. The average molecular weight is 713 g/mol. The molecule has 0 aromatic heterocycles.